The van der Waals surface area contributed by atoms with Gasteiger partial charge in [0.25, 0.3) is 16.8 Å². The number of nitro groups is 1. The lowest BCUT2D eigenvalue weighted by molar-refractivity contribution is -0.385. The summed E-state index contributed by atoms with van der Waals surface area (Å²) in [6, 6.07) is 19.4. The fourth-order valence-corrected chi connectivity index (χ4v) is 4.83. The lowest BCUT2D eigenvalue weighted by Gasteiger charge is -2.17. The van der Waals surface area contributed by atoms with Crippen LogP contribution >= 0.6 is 11.8 Å². The standard InChI is InChI=1S/C29H28N2O6S/c1-19(2)24-13-8-20(3)16-26(24)36-15-14-30-28(32)27(38-29(30)33)17-21-9-11-23(12-10-21)37-18-22-6-4-5-7-25(22)31(34)35/h4-13,16-17,19H,14-15,18H2,1-3H3/b27-17-. The van der Waals surface area contributed by atoms with Crippen LogP contribution in [0.4, 0.5) is 10.5 Å². The zero-order valence-electron chi connectivity index (χ0n) is 21.4. The number of para-hydroxylation sites is 1. The summed E-state index contributed by atoms with van der Waals surface area (Å²) in [6.45, 7) is 6.59. The van der Waals surface area contributed by atoms with Gasteiger partial charge in [-0.25, -0.2) is 0 Å². The molecule has 0 atom stereocenters. The molecule has 0 unspecified atom stereocenters. The van der Waals surface area contributed by atoms with Crippen molar-refractivity contribution in [2.45, 2.75) is 33.3 Å². The molecule has 0 spiro atoms. The van der Waals surface area contributed by atoms with Crippen molar-refractivity contribution in [2.75, 3.05) is 13.2 Å². The first-order chi connectivity index (χ1) is 18.2. The molecule has 3 aromatic carbocycles. The summed E-state index contributed by atoms with van der Waals surface area (Å²) < 4.78 is 11.7. The van der Waals surface area contributed by atoms with Gasteiger partial charge in [0.2, 0.25) is 0 Å². The highest BCUT2D eigenvalue weighted by Crippen LogP contribution is 2.33. The zero-order valence-corrected chi connectivity index (χ0v) is 22.2. The number of carbonyl (C=O) groups excluding carboxylic acids is 2. The van der Waals surface area contributed by atoms with E-state index in [-0.39, 0.29) is 36.6 Å². The largest absolute Gasteiger partial charge is 0.491 e. The van der Waals surface area contributed by atoms with Crippen molar-refractivity contribution in [2.24, 2.45) is 0 Å². The molecule has 0 N–H and O–H groups in total. The third-order valence-corrected chi connectivity index (χ3v) is 6.91. The molecular weight excluding hydrogens is 504 g/mol. The summed E-state index contributed by atoms with van der Waals surface area (Å²) in [5, 5.41) is 10.8. The fraction of sp³-hybridized carbons (Fsp3) is 0.241. The normalized spacial score (nSPS) is 14.4. The molecule has 0 saturated carbocycles. The molecule has 196 valence electrons. The SMILES string of the molecule is Cc1ccc(C(C)C)c(OCCN2C(=O)S/C(=C\c3ccc(OCc4ccccc4[N+](=O)[O-])cc3)C2=O)c1. The van der Waals surface area contributed by atoms with E-state index in [1.54, 1.807) is 48.5 Å². The van der Waals surface area contributed by atoms with E-state index >= 15 is 0 Å². The number of imide groups is 1. The molecule has 2 amide bonds. The molecule has 0 bridgehead atoms. The molecule has 0 aliphatic carbocycles. The van der Waals surface area contributed by atoms with Crippen molar-refractivity contribution in [1.29, 1.82) is 0 Å². The summed E-state index contributed by atoms with van der Waals surface area (Å²) >= 11 is 0.897. The zero-order chi connectivity index (χ0) is 27.2. The Bertz CT molecular complexity index is 1380. The van der Waals surface area contributed by atoms with Gasteiger partial charge in [0.15, 0.2) is 0 Å². The number of rotatable bonds is 10. The number of carbonyl (C=O) groups is 2. The van der Waals surface area contributed by atoms with Crippen LogP contribution in [0, 0.1) is 17.0 Å². The number of hydrogen-bond donors (Lipinski definition) is 0. The number of nitro benzene ring substituents is 1. The van der Waals surface area contributed by atoms with Crippen molar-refractivity contribution >= 4 is 34.7 Å². The number of ether oxygens (including phenoxy) is 2. The molecule has 1 aliphatic heterocycles. The highest BCUT2D eigenvalue weighted by molar-refractivity contribution is 8.18. The summed E-state index contributed by atoms with van der Waals surface area (Å²) in [6.07, 6.45) is 1.66. The Morgan fingerprint density at radius 2 is 1.76 bits per heavy atom. The molecule has 8 nitrogen and oxygen atoms in total. The van der Waals surface area contributed by atoms with E-state index in [9.17, 15) is 19.7 Å². The van der Waals surface area contributed by atoms with E-state index in [1.165, 1.54) is 11.0 Å². The topological polar surface area (TPSA) is 99.0 Å². The number of aryl methyl sites for hydroxylation is 1. The first kappa shape index (κ1) is 26.9. The number of benzene rings is 3. The van der Waals surface area contributed by atoms with Crippen molar-refractivity contribution in [1.82, 2.24) is 4.90 Å². The molecule has 4 rings (SSSR count). The number of amides is 2. The van der Waals surface area contributed by atoms with Crippen LogP contribution in [0.5, 0.6) is 11.5 Å². The average Bonchev–Trinajstić information content (AvgIpc) is 3.15. The molecule has 1 saturated heterocycles. The fourth-order valence-electron chi connectivity index (χ4n) is 3.97. The van der Waals surface area contributed by atoms with Gasteiger partial charge in [0, 0.05) is 6.07 Å². The highest BCUT2D eigenvalue weighted by atomic mass is 32.2. The van der Waals surface area contributed by atoms with E-state index in [0.717, 1.165) is 34.2 Å². The lowest BCUT2D eigenvalue weighted by Crippen LogP contribution is -2.32. The van der Waals surface area contributed by atoms with Crippen LogP contribution in [0.2, 0.25) is 0 Å². The maximum absolute atomic E-state index is 12.9. The van der Waals surface area contributed by atoms with Gasteiger partial charge in [-0.1, -0.05) is 50.2 Å². The van der Waals surface area contributed by atoms with Crippen LogP contribution in [0.1, 0.15) is 42.0 Å². The van der Waals surface area contributed by atoms with Crippen molar-refractivity contribution in [3.8, 4) is 11.5 Å². The highest BCUT2D eigenvalue weighted by Gasteiger charge is 2.34. The van der Waals surface area contributed by atoms with Crippen LogP contribution in [0.15, 0.2) is 71.6 Å². The van der Waals surface area contributed by atoms with Gasteiger partial charge in [0.05, 0.1) is 21.9 Å². The van der Waals surface area contributed by atoms with Crippen LogP contribution in [-0.4, -0.2) is 34.1 Å². The second-order valence-electron chi connectivity index (χ2n) is 9.12. The molecule has 38 heavy (non-hydrogen) atoms. The van der Waals surface area contributed by atoms with Crippen LogP contribution < -0.4 is 9.47 Å². The van der Waals surface area contributed by atoms with Crippen LogP contribution in [0.3, 0.4) is 0 Å². The smallest absolute Gasteiger partial charge is 0.293 e. The quantitative estimate of drug-likeness (QED) is 0.162. The van der Waals surface area contributed by atoms with Gasteiger partial charge in [-0.15, -0.1) is 0 Å². The maximum Gasteiger partial charge on any atom is 0.293 e. The summed E-state index contributed by atoms with van der Waals surface area (Å²) in [5.74, 6) is 1.24. The monoisotopic (exact) mass is 532 g/mol. The van der Waals surface area contributed by atoms with E-state index in [0.29, 0.717) is 22.1 Å². The Hall–Kier alpha value is -4.11. The van der Waals surface area contributed by atoms with E-state index in [2.05, 4.69) is 13.8 Å². The predicted molar refractivity (Wildman–Crippen MR) is 147 cm³/mol. The Kier molecular flexibility index (Phi) is 8.48. The molecule has 9 heteroatoms. The second-order valence-corrected chi connectivity index (χ2v) is 10.1. The minimum absolute atomic E-state index is 0.00416. The summed E-state index contributed by atoms with van der Waals surface area (Å²) in [5.41, 5.74) is 3.37. The molecule has 1 aliphatic rings. The Morgan fingerprint density at radius 1 is 1.03 bits per heavy atom. The molecule has 0 aromatic heterocycles. The lowest BCUT2D eigenvalue weighted by atomic mass is 10.0. The second kappa shape index (κ2) is 12.0. The van der Waals surface area contributed by atoms with Gasteiger partial charge in [-0.2, -0.15) is 0 Å². The summed E-state index contributed by atoms with van der Waals surface area (Å²) in [7, 11) is 0. The first-order valence-electron chi connectivity index (χ1n) is 12.2. The average molecular weight is 533 g/mol. The minimum Gasteiger partial charge on any atom is -0.491 e. The van der Waals surface area contributed by atoms with E-state index in [1.807, 2.05) is 25.1 Å². The van der Waals surface area contributed by atoms with Crippen molar-refractivity contribution in [3.63, 3.8) is 0 Å². The molecule has 1 fully saturated rings. The summed E-state index contributed by atoms with van der Waals surface area (Å²) in [4.78, 5) is 37.7. The number of nitrogens with zero attached hydrogens (tertiary/aromatic N) is 2. The molecule has 3 aromatic rings. The van der Waals surface area contributed by atoms with Crippen molar-refractivity contribution < 1.29 is 24.0 Å². The van der Waals surface area contributed by atoms with Crippen LogP contribution in [-0.2, 0) is 11.4 Å². The molecule has 0 radical (unpaired) electrons. The van der Waals surface area contributed by atoms with Gasteiger partial charge in [0.1, 0.15) is 24.7 Å². The maximum atomic E-state index is 12.9. The Labute approximate surface area is 225 Å². The van der Waals surface area contributed by atoms with Crippen LogP contribution in [0.25, 0.3) is 6.08 Å². The Balaban J connectivity index is 1.35. The predicted octanol–water partition coefficient (Wildman–Crippen LogP) is 6.72. The first-order valence-corrected chi connectivity index (χ1v) is 13.0. The van der Waals surface area contributed by atoms with Gasteiger partial charge < -0.3 is 9.47 Å². The van der Waals surface area contributed by atoms with Crippen molar-refractivity contribution in [3.05, 3.63) is 104 Å². The van der Waals surface area contributed by atoms with E-state index in [4.69, 9.17) is 9.47 Å². The third-order valence-electron chi connectivity index (χ3n) is 6.00. The number of thioether (sulfide) groups is 1. The van der Waals surface area contributed by atoms with Gasteiger partial charge >= 0.3 is 0 Å². The Morgan fingerprint density at radius 3 is 2.47 bits per heavy atom. The third kappa shape index (κ3) is 6.41. The minimum atomic E-state index is -0.438. The van der Waals surface area contributed by atoms with Gasteiger partial charge in [-0.05, 0) is 71.6 Å². The molecule has 1 heterocycles. The van der Waals surface area contributed by atoms with E-state index < -0.39 is 4.92 Å². The number of hydrogen-bond acceptors (Lipinski definition) is 7. The van der Waals surface area contributed by atoms with Gasteiger partial charge in [-0.3, -0.25) is 24.6 Å². The molecular formula is C29H28N2O6S.